The number of alkyl halides is 2. The Bertz CT molecular complexity index is 489. The van der Waals surface area contributed by atoms with E-state index in [9.17, 15) is 13.6 Å². The van der Waals surface area contributed by atoms with Crippen LogP contribution in [-0.4, -0.2) is 19.1 Å². The van der Waals surface area contributed by atoms with E-state index in [1.807, 2.05) is 19.9 Å². The number of amides is 1. The van der Waals surface area contributed by atoms with Crippen molar-refractivity contribution in [3.05, 3.63) is 23.8 Å². The number of aryl methyl sites for hydroxylation is 1. The Kier molecular flexibility index (Phi) is 4.57. The molecule has 1 heterocycles. The summed E-state index contributed by atoms with van der Waals surface area (Å²) in [5.41, 5.74) is 1.41. The molecule has 0 fully saturated rings. The summed E-state index contributed by atoms with van der Waals surface area (Å²) in [5, 5.41) is 0. The van der Waals surface area contributed by atoms with Gasteiger partial charge in [-0.25, -0.2) is 0 Å². The Labute approximate surface area is 117 Å². The van der Waals surface area contributed by atoms with Gasteiger partial charge in [0, 0.05) is 13.0 Å². The molecule has 0 aromatic heterocycles. The monoisotopic (exact) mass is 283 g/mol. The van der Waals surface area contributed by atoms with Crippen LogP contribution in [0.4, 0.5) is 14.5 Å². The van der Waals surface area contributed by atoms with Crippen molar-refractivity contribution in [3.63, 3.8) is 0 Å². The lowest BCUT2D eigenvalue weighted by molar-refractivity contribution is -0.119. The summed E-state index contributed by atoms with van der Waals surface area (Å²) in [4.78, 5) is 13.9. The minimum Gasteiger partial charge on any atom is -0.433 e. The van der Waals surface area contributed by atoms with Crippen LogP contribution < -0.4 is 9.64 Å². The number of hydrogen-bond acceptors (Lipinski definition) is 2. The second-order valence-corrected chi connectivity index (χ2v) is 5.39. The zero-order chi connectivity index (χ0) is 14.7. The van der Waals surface area contributed by atoms with Gasteiger partial charge < -0.3 is 9.64 Å². The minimum atomic E-state index is -2.88. The van der Waals surface area contributed by atoms with Crippen LogP contribution >= 0.6 is 0 Å². The van der Waals surface area contributed by atoms with E-state index < -0.39 is 6.61 Å². The van der Waals surface area contributed by atoms with E-state index in [2.05, 4.69) is 4.74 Å². The lowest BCUT2D eigenvalue weighted by Crippen LogP contribution is -2.36. The number of benzene rings is 1. The zero-order valence-corrected chi connectivity index (χ0v) is 11.7. The summed E-state index contributed by atoms with van der Waals surface area (Å²) in [5.74, 6) is 0.289. The van der Waals surface area contributed by atoms with Crippen molar-refractivity contribution < 1.29 is 18.3 Å². The maximum atomic E-state index is 12.5. The first kappa shape index (κ1) is 14.8. The molecule has 0 N–H and O–H groups in total. The fourth-order valence-corrected chi connectivity index (χ4v) is 2.52. The van der Waals surface area contributed by atoms with Crippen molar-refractivity contribution in [2.45, 2.75) is 39.7 Å². The van der Waals surface area contributed by atoms with Gasteiger partial charge in [0.15, 0.2) is 0 Å². The van der Waals surface area contributed by atoms with Gasteiger partial charge in [-0.2, -0.15) is 8.78 Å². The molecule has 0 saturated carbocycles. The Hall–Kier alpha value is -1.65. The maximum absolute atomic E-state index is 12.5. The average Bonchev–Trinajstić information content (AvgIpc) is 2.36. The number of anilines is 1. The highest BCUT2D eigenvalue weighted by molar-refractivity contribution is 5.96. The molecular weight excluding hydrogens is 264 g/mol. The molecule has 0 saturated heterocycles. The quantitative estimate of drug-likeness (QED) is 0.844. The molecule has 0 atom stereocenters. The van der Waals surface area contributed by atoms with E-state index >= 15 is 0 Å². The van der Waals surface area contributed by atoms with Gasteiger partial charge in [-0.1, -0.05) is 26.0 Å². The van der Waals surface area contributed by atoms with Crippen molar-refractivity contribution in [2.75, 3.05) is 11.4 Å². The van der Waals surface area contributed by atoms with Gasteiger partial charge in [0.1, 0.15) is 5.75 Å². The van der Waals surface area contributed by atoms with E-state index in [-0.39, 0.29) is 17.6 Å². The number of halogens is 2. The molecule has 5 heteroatoms. The van der Waals surface area contributed by atoms with Crippen molar-refractivity contribution in [3.8, 4) is 5.75 Å². The van der Waals surface area contributed by atoms with Crippen molar-refractivity contribution in [2.24, 2.45) is 5.92 Å². The smallest absolute Gasteiger partial charge is 0.387 e. The summed E-state index contributed by atoms with van der Waals surface area (Å²) >= 11 is 0. The van der Waals surface area contributed by atoms with Crippen LogP contribution in [0.1, 0.15) is 32.3 Å². The lowest BCUT2D eigenvalue weighted by Gasteiger charge is -2.31. The summed E-state index contributed by atoms with van der Waals surface area (Å²) in [6.45, 7) is 1.60. The topological polar surface area (TPSA) is 29.5 Å². The number of carbonyl (C=O) groups is 1. The molecular formula is C15H19F2NO2. The van der Waals surface area contributed by atoms with Crippen LogP contribution in [0.5, 0.6) is 5.75 Å². The van der Waals surface area contributed by atoms with Gasteiger partial charge in [0.2, 0.25) is 5.91 Å². The van der Waals surface area contributed by atoms with Crippen LogP contribution in [0.3, 0.4) is 0 Å². The van der Waals surface area contributed by atoms with Crippen molar-refractivity contribution in [1.82, 2.24) is 0 Å². The molecule has 2 rings (SSSR count). The Morgan fingerprint density at radius 1 is 1.40 bits per heavy atom. The molecule has 0 aliphatic carbocycles. The summed E-state index contributed by atoms with van der Waals surface area (Å²) in [6, 6.07) is 5.04. The van der Waals surface area contributed by atoms with Crippen LogP contribution in [0.15, 0.2) is 18.2 Å². The molecule has 1 aliphatic rings. The van der Waals surface area contributed by atoms with Gasteiger partial charge >= 0.3 is 6.61 Å². The SMILES string of the molecule is CC(C)CC(=O)N1CCCc2cccc(OC(F)F)c21. The van der Waals surface area contributed by atoms with E-state index in [0.717, 1.165) is 18.4 Å². The van der Waals surface area contributed by atoms with Crippen LogP contribution in [0.2, 0.25) is 0 Å². The third-order valence-corrected chi connectivity index (χ3v) is 3.28. The average molecular weight is 283 g/mol. The van der Waals surface area contributed by atoms with Crippen LogP contribution in [0.25, 0.3) is 0 Å². The maximum Gasteiger partial charge on any atom is 0.387 e. The fourth-order valence-electron chi connectivity index (χ4n) is 2.52. The highest BCUT2D eigenvalue weighted by Gasteiger charge is 2.27. The Balaban J connectivity index is 2.34. The number of ether oxygens (including phenoxy) is 1. The van der Waals surface area contributed by atoms with Gasteiger partial charge in [0.05, 0.1) is 5.69 Å². The molecule has 0 bridgehead atoms. The number of nitrogens with zero attached hydrogens (tertiary/aromatic N) is 1. The number of carbonyl (C=O) groups excluding carboxylic acids is 1. The highest BCUT2D eigenvalue weighted by atomic mass is 19.3. The van der Waals surface area contributed by atoms with Gasteiger partial charge in [-0.05, 0) is 30.4 Å². The standard InChI is InChI=1S/C15H19F2NO2/c1-10(2)9-13(19)18-8-4-6-11-5-3-7-12(14(11)18)20-15(16)17/h3,5,7,10,15H,4,6,8-9H2,1-2H3. The molecule has 0 unspecified atom stereocenters. The van der Waals surface area contributed by atoms with Gasteiger partial charge in [-0.15, -0.1) is 0 Å². The molecule has 3 nitrogen and oxygen atoms in total. The van der Waals surface area contributed by atoms with Gasteiger partial charge in [0.25, 0.3) is 0 Å². The third-order valence-electron chi connectivity index (χ3n) is 3.28. The fraction of sp³-hybridized carbons (Fsp3) is 0.533. The van der Waals surface area contributed by atoms with Crippen molar-refractivity contribution in [1.29, 1.82) is 0 Å². The van der Waals surface area contributed by atoms with Gasteiger partial charge in [-0.3, -0.25) is 4.79 Å². The molecule has 0 spiro atoms. The molecule has 0 radical (unpaired) electrons. The van der Waals surface area contributed by atoms with E-state index in [1.165, 1.54) is 6.07 Å². The predicted molar refractivity (Wildman–Crippen MR) is 73.2 cm³/mol. The minimum absolute atomic E-state index is 0.0359. The first-order chi connectivity index (χ1) is 9.49. The van der Waals surface area contributed by atoms with E-state index in [0.29, 0.717) is 18.7 Å². The number of para-hydroxylation sites is 1. The number of rotatable bonds is 4. The second kappa shape index (κ2) is 6.20. The highest BCUT2D eigenvalue weighted by Crippen LogP contribution is 2.37. The number of fused-ring (bicyclic) bond motifs is 1. The molecule has 1 amide bonds. The van der Waals surface area contributed by atoms with Crippen molar-refractivity contribution >= 4 is 11.6 Å². The summed E-state index contributed by atoms with van der Waals surface area (Å²) in [6.07, 6.45) is 2.03. The molecule has 1 aromatic rings. The Morgan fingerprint density at radius 2 is 2.15 bits per heavy atom. The molecule has 20 heavy (non-hydrogen) atoms. The Morgan fingerprint density at radius 3 is 2.80 bits per heavy atom. The normalized spacial score (nSPS) is 14.6. The first-order valence-corrected chi connectivity index (χ1v) is 6.86. The summed E-state index contributed by atoms with van der Waals surface area (Å²) in [7, 11) is 0. The molecule has 1 aromatic carbocycles. The van der Waals surface area contributed by atoms with E-state index in [4.69, 9.17) is 0 Å². The second-order valence-electron chi connectivity index (χ2n) is 5.39. The first-order valence-electron chi connectivity index (χ1n) is 6.86. The molecule has 110 valence electrons. The lowest BCUT2D eigenvalue weighted by atomic mass is 9.99. The molecule has 1 aliphatic heterocycles. The summed E-state index contributed by atoms with van der Waals surface area (Å²) < 4.78 is 29.6. The number of hydrogen-bond donors (Lipinski definition) is 0. The van der Waals surface area contributed by atoms with Crippen LogP contribution in [-0.2, 0) is 11.2 Å². The largest absolute Gasteiger partial charge is 0.433 e. The van der Waals surface area contributed by atoms with E-state index in [1.54, 1.807) is 11.0 Å². The third kappa shape index (κ3) is 3.26. The zero-order valence-electron chi connectivity index (χ0n) is 11.7. The van der Waals surface area contributed by atoms with Crippen LogP contribution in [0, 0.1) is 5.92 Å². The predicted octanol–water partition coefficient (Wildman–Crippen LogP) is 3.61.